The van der Waals surface area contributed by atoms with E-state index in [1.165, 1.54) is 10.4 Å². The fraction of sp³-hybridized carbons (Fsp3) is 0.389. The lowest BCUT2D eigenvalue weighted by atomic mass is 10.1. The molecule has 23 heavy (non-hydrogen) atoms. The van der Waals surface area contributed by atoms with Gasteiger partial charge in [0.15, 0.2) is 0 Å². The molecule has 1 amide bonds. The summed E-state index contributed by atoms with van der Waals surface area (Å²) in [6, 6.07) is 11.9. The third-order valence-corrected chi connectivity index (χ3v) is 4.81. The molecule has 1 aromatic carbocycles. The highest BCUT2D eigenvalue weighted by molar-refractivity contribution is 7.16. The molecule has 0 bridgehead atoms. The Morgan fingerprint density at radius 3 is 2.61 bits per heavy atom. The lowest BCUT2D eigenvalue weighted by molar-refractivity contribution is -0.122. The van der Waals surface area contributed by atoms with Crippen LogP contribution in [0.4, 0.5) is 0 Å². The summed E-state index contributed by atoms with van der Waals surface area (Å²) in [4.78, 5) is 13.2. The molecule has 5 heteroatoms. The average molecular weight is 352 g/mol. The monoisotopic (exact) mass is 351 g/mol. The van der Waals surface area contributed by atoms with E-state index in [9.17, 15) is 4.79 Å². The van der Waals surface area contributed by atoms with Crippen LogP contribution in [0.1, 0.15) is 30.2 Å². The molecule has 0 saturated heterocycles. The number of thiophene rings is 1. The standard InChI is InChI=1S/C18H22ClNO2S/c1-3-14(12-16-8-9-17(19)23-16)20-18(21)10-11-22-15-6-4-13(2)5-7-15/h4-9,14H,3,10-12H2,1-2H3,(H,20,21). The number of amides is 1. The Kier molecular flexibility index (Phi) is 6.93. The van der Waals surface area contributed by atoms with Gasteiger partial charge in [0.05, 0.1) is 17.4 Å². The van der Waals surface area contributed by atoms with Crippen molar-refractivity contribution in [3.8, 4) is 5.75 Å². The molecule has 1 heterocycles. The molecule has 0 aliphatic heterocycles. The topological polar surface area (TPSA) is 38.3 Å². The summed E-state index contributed by atoms with van der Waals surface area (Å²) < 4.78 is 6.38. The average Bonchev–Trinajstić information content (AvgIpc) is 2.93. The van der Waals surface area contributed by atoms with E-state index in [0.29, 0.717) is 13.0 Å². The van der Waals surface area contributed by atoms with Gasteiger partial charge >= 0.3 is 0 Å². The number of rotatable bonds is 8. The Bertz CT molecular complexity index is 624. The van der Waals surface area contributed by atoms with Crippen molar-refractivity contribution < 1.29 is 9.53 Å². The lowest BCUT2D eigenvalue weighted by Crippen LogP contribution is -2.36. The molecule has 1 aromatic heterocycles. The molecular formula is C18H22ClNO2S. The van der Waals surface area contributed by atoms with Gasteiger partial charge in [-0.1, -0.05) is 36.2 Å². The maximum atomic E-state index is 12.0. The van der Waals surface area contributed by atoms with Crippen LogP contribution in [0.15, 0.2) is 36.4 Å². The first-order chi connectivity index (χ1) is 11.1. The number of carbonyl (C=O) groups is 1. The Labute approximate surface area is 146 Å². The van der Waals surface area contributed by atoms with Gasteiger partial charge < -0.3 is 10.1 Å². The van der Waals surface area contributed by atoms with Gasteiger partial charge in [-0.3, -0.25) is 4.79 Å². The second kappa shape index (κ2) is 8.94. The number of halogens is 1. The number of nitrogens with one attached hydrogen (secondary N) is 1. The van der Waals surface area contributed by atoms with Crippen molar-refractivity contribution in [1.29, 1.82) is 0 Å². The van der Waals surface area contributed by atoms with Gasteiger partial charge in [-0.25, -0.2) is 0 Å². The van der Waals surface area contributed by atoms with Crippen LogP contribution in [0.5, 0.6) is 5.75 Å². The largest absolute Gasteiger partial charge is 0.493 e. The first-order valence-corrected chi connectivity index (χ1v) is 8.99. The van der Waals surface area contributed by atoms with E-state index in [1.54, 1.807) is 11.3 Å². The van der Waals surface area contributed by atoms with Crippen LogP contribution in [0.2, 0.25) is 4.34 Å². The maximum absolute atomic E-state index is 12.0. The third kappa shape index (κ3) is 6.24. The van der Waals surface area contributed by atoms with Crippen LogP contribution in [0.25, 0.3) is 0 Å². The van der Waals surface area contributed by atoms with Crippen molar-refractivity contribution in [2.45, 2.75) is 39.2 Å². The number of ether oxygens (including phenoxy) is 1. The Morgan fingerprint density at radius 2 is 2.00 bits per heavy atom. The quantitative estimate of drug-likeness (QED) is 0.753. The molecule has 1 unspecified atom stereocenters. The number of hydrogen-bond acceptors (Lipinski definition) is 3. The van der Waals surface area contributed by atoms with Crippen molar-refractivity contribution in [2.24, 2.45) is 0 Å². The Balaban J connectivity index is 1.73. The Morgan fingerprint density at radius 1 is 1.26 bits per heavy atom. The minimum atomic E-state index is 0.0200. The van der Waals surface area contributed by atoms with Crippen LogP contribution in [0, 0.1) is 6.92 Å². The van der Waals surface area contributed by atoms with E-state index in [-0.39, 0.29) is 11.9 Å². The van der Waals surface area contributed by atoms with Gasteiger partial charge in [-0.05, 0) is 37.6 Å². The Hall–Kier alpha value is -1.52. The zero-order valence-electron chi connectivity index (χ0n) is 13.5. The number of carbonyl (C=O) groups excluding carboxylic acids is 1. The molecular weight excluding hydrogens is 330 g/mol. The predicted octanol–water partition coefficient (Wildman–Crippen LogP) is 4.62. The van der Waals surface area contributed by atoms with Crippen LogP contribution < -0.4 is 10.1 Å². The SMILES string of the molecule is CCC(Cc1ccc(Cl)s1)NC(=O)CCOc1ccc(C)cc1. The van der Waals surface area contributed by atoms with Crippen molar-refractivity contribution in [3.63, 3.8) is 0 Å². The smallest absolute Gasteiger partial charge is 0.223 e. The van der Waals surface area contributed by atoms with E-state index in [0.717, 1.165) is 22.9 Å². The molecule has 3 nitrogen and oxygen atoms in total. The molecule has 1 N–H and O–H groups in total. The second-order valence-electron chi connectivity index (χ2n) is 5.49. The van der Waals surface area contributed by atoms with Crippen molar-refractivity contribution in [2.75, 3.05) is 6.61 Å². The van der Waals surface area contributed by atoms with E-state index in [2.05, 4.69) is 12.2 Å². The molecule has 0 fully saturated rings. The van der Waals surface area contributed by atoms with Crippen LogP contribution >= 0.6 is 22.9 Å². The normalized spacial score (nSPS) is 12.0. The molecule has 0 aliphatic carbocycles. The molecule has 2 aromatic rings. The van der Waals surface area contributed by atoms with Gasteiger partial charge in [0, 0.05) is 17.3 Å². The van der Waals surface area contributed by atoms with Gasteiger partial charge in [0.1, 0.15) is 5.75 Å². The summed E-state index contributed by atoms with van der Waals surface area (Å²) >= 11 is 7.51. The summed E-state index contributed by atoms with van der Waals surface area (Å²) in [6.07, 6.45) is 2.06. The number of aryl methyl sites for hydroxylation is 1. The minimum Gasteiger partial charge on any atom is -0.493 e. The molecule has 1 atom stereocenters. The third-order valence-electron chi connectivity index (χ3n) is 3.55. The van der Waals surface area contributed by atoms with Gasteiger partial charge in [0.2, 0.25) is 5.91 Å². The molecule has 0 radical (unpaired) electrons. The fourth-order valence-electron chi connectivity index (χ4n) is 2.20. The molecule has 0 saturated carbocycles. The maximum Gasteiger partial charge on any atom is 0.223 e. The highest BCUT2D eigenvalue weighted by Gasteiger charge is 2.12. The van der Waals surface area contributed by atoms with Crippen LogP contribution in [0.3, 0.4) is 0 Å². The molecule has 0 spiro atoms. The minimum absolute atomic E-state index is 0.0200. The molecule has 124 valence electrons. The second-order valence-corrected chi connectivity index (χ2v) is 7.29. The highest BCUT2D eigenvalue weighted by Crippen LogP contribution is 2.23. The summed E-state index contributed by atoms with van der Waals surface area (Å²) in [6.45, 7) is 4.49. The fourth-order valence-corrected chi connectivity index (χ4v) is 3.37. The molecule has 0 aliphatic rings. The van der Waals surface area contributed by atoms with Gasteiger partial charge in [-0.2, -0.15) is 0 Å². The van der Waals surface area contributed by atoms with E-state index >= 15 is 0 Å². The zero-order valence-corrected chi connectivity index (χ0v) is 15.0. The number of benzene rings is 1. The van der Waals surface area contributed by atoms with Gasteiger partial charge in [-0.15, -0.1) is 11.3 Å². The van der Waals surface area contributed by atoms with Crippen LogP contribution in [-0.4, -0.2) is 18.6 Å². The first kappa shape index (κ1) is 17.8. The molecule has 2 rings (SSSR count). The highest BCUT2D eigenvalue weighted by atomic mass is 35.5. The van der Waals surface area contributed by atoms with E-state index in [1.807, 2.05) is 43.3 Å². The summed E-state index contributed by atoms with van der Waals surface area (Å²) in [7, 11) is 0. The van der Waals surface area contributed by atoms with Crippen LogP contribution in [-0.2, 0) is 11.2 Å². The summed E-state index contributed by atoms with van der Waals surface area (Å²) in [5, 5.41) is 3.06. The summed E-state index contributed by atoms with van der Waals surface area (Å²) in [5.74, 6) is 0.815. The van der Waals surface area contributed by atoms with Crippen molar-refractivity contribution >= 4 is 28.8 Å². The lowest BCUT2D eigenvalue weighted by Gasteiger charge is -2.16. The van der Waals surface area contributed by atoms with E-state index < -0.39 is 0 Å². The predicted molar refractivity (Wildman–Crippen MR) is 96.5 cm³/mol. The van der Waals surface area contributed by atoms with Gasteiger partial charge in [0.25, 0.3) is 0 Å². The zero-order chi connectivity index (χ0) is 16.7. The first-order valence-electron chi connectivity index (χ1n) is 7.80. The van der Waals surface area contributed by atoms with E-state index in [4.69, 9.17) is 16.3 Å². The van der Waals surface area contributed by atoms with Crippen molar-refractivity contribution in [1.82, 2.24) is 5.32 Å². The van der Waals surface area contributed by atoms with Crippen molar-refractivity contribution in [3.05, 3.63) is 51.2 Å². The number of hydrogen-bond donors (Lipinski definition) is 1. The summed E-state index contributed by atoms with van der Waals surface area (Å²) in [5.41, 5.74) is 1.19.